The van der Waals surface area contributed by atoms with Gasteiger partial charge in [-0.25, -0.2) is 35.3 Å². The van der Waals surface area contributed by atoms with Gasteiger partial charge in [-0.05, 0) is 87.8 Å². The third-order valence-corrected chi connectivity index (χ3v) is 15.2. The van der Waals surface area contributed by atoms with Gasteiger partial charge in [-0.1, -0.05) is 53.6 Å². The van der Waals surface area contributed by atoms with E-state index in [2.05, 4.69) is 34.4 Å². The van der Waals surface area contributed by atoms with Crippen molar-refractivity contribution in [3.8, 4) is 0 Å². The van der Waals surface area contributed by atoms with Crippen LogP contribution in [-0.2, 0) is 25.6 Å². The zero-order chi connectivity index (χ0) is 42.3. The highest BCUT2D eigenvalue weighted by Crippen LogP contribution is 2.41. The van der Waals surface area contributed by atoms with Crippen LogP contribution in [0, 0.1) is 25.5 Å². The van der Waals surface area contributed by atoms with E-state index >= 15 is 0 Å². The van der Waals surface area contributed by atoms with Crippen molar-refractivity contribution in [1.29, 1.82) is 0 Å². The molecule has 0 radical (unpaired) electrons. The maximum Gasteiger partial charge on any atom is 0.255 e. The highest BCUT2D eigenvalue weighted by atomic mass is 35.5. The van der Waals surface area contributed by atoms with Crippen LogP contribution in [0.25, 0.3) is 11.0 Å². The molecule has 1 aromatic heterocycles. The minimum atomic E-state index is -4.27. The monoisotopic (exact) mass is 867 g/mol. The number of para-hydroxylation sites is 2. The number of quaternary nitrogens is 1. The summed E-state index contributed by atoms with van der Waals surface area (Å²) in [6.07, 6.45) is 6.70. The van der Waals surface area contributed by atoms with Gasteiger partial charge in [0.05, 0.1) is 45.1 Å². The van der Waals surface area contributed by atoms with Gasteiger partial charge in [0, 0.05) is 56.7 Å². The van der Waals surface area contributed by atoms with E-state index in [1.54, 1.807) is 34.1 Å². The van der Waals surface area contributed by atoms with Gasteiger partial charge >= 0.3 is 0 Å². The van der Waals surface area contributed by atoms with Crippen molar-refractivity contribution in [2.45, 2.75) is 92.1 Å². The fourth-order valence-corrected chi connectivity index (χ4v) is 11.1. The number of piperidine rings is 2. The molecule has 3 fully saturated rings. The first-order valence-electron chi connectivity index (χ1n) is 19.8. The third kappa shape index (κ3) is 8.96. The number of carbonyl (C=O) groups excluding carboxylic acids is 1. The van der Waals surface area contributed by atoms with Crippen LogP contribution in [0.3, 0.4) is 0 Å². The summed E-state index contributed by atoms with van der Waals surface area (Å²) in [5, 5.41) is -0.143. The molecule has 4 heterocycles. The Hall–Kier alpha value is -4.25. The molecule has 59 heavy (non-hydrogen) atoms. The molecule has 8 rings (SSSR count). The summed E-state index contributed by atoms with van der Waals surface area (Å²) in [6, 6.07) is 24.4. The van der Waals surface area contributed by atoms with Gasteiger partial charge in [-0.15, -0.1) is 0 Å². The maximum atomic E-state index is 14.6. The average molecular weight is 868 g/mol. The molecule has 314 valence electrons. The number of halogens is 3. The lowest BCUT2D eigenvalue weighted by Gasteiger charge is -2.44. The molecule has 2 unspecified atom stereocenters. The molecule has 4 aromatic carbocycles. The van der Waals surface area contributed by atoms with Gasteiger partial charge in [0.1, 0.15) is 32.5 Å². The fraction of sp³-hybridized carbons (Fsp3) is 0.395. The van der Waals surface area contributed by atoms with E-state index in [1.165, 1.54) is 43.6 Å². The van der Waals surface area contributed by atoms with Gasteiger partial charge in [0.25, 0.3) is 5.91 Å². The molecular weight excluding hydrogens is 820 g/mol. The molecule has 0 spiro atoms. The van der Waals surface area contributed by atoms with Crippen molar-refractivity contribution in [3.05, 3.63) is 124 Å². The van der Waals surface area contributed by atoms with Crippen molar-refractivity contribution in [2.24, 2.45) is 0 Å². The molecule has 0 aliphatic carbocycles. The van der Waals surface area contributed by atoms with Crippen LogP contribution in [0.15, 0.2) is 94.7 Å². The molecule has 5 aromatic rings. The lowest BCUT2D eigenvalue weighted by atomic mass is 9.70. The van der Waals surface area contributed by atoms with Crippen molar-refractivity contribution < 1.29 is 39.9 Å². The van der Waals surface area contributed by atoms with E-state index in [0.29, 0.717) is 44.1 Å². The number of amides is 1. The van der Waals surface area contributed by atoms with Crippen molar-refractivity contribution in [1.82, 2.24) is 19.2 Å². The second kappa shape index (κ2) is 17.0. The molecular formula is C43H48ClF2N5O6S2. The number of likely N-dealkylation sites (tertiary alicyclic amines) is 1. The minimum absolute atomic E-state index is 0.0602. The number of nitrogens with zero attached hydrogens (tertiary/aromatic N) is 3. The fourth-order valence-electron chi connectivity index (χ4n) is 9.55. The summed E-state index contributed by atoms with van der Waals surface area (Å²) in [7, 11) is -7.23. The summed E-state index contributed by atoms with van der Waals surface area (Å²) < 4.78 is 89.7. The van der Waals surface area contributed by atoms with Crippen LogP contribution in [0.2, 0.25) is 5.02 Å². The molecule has 3 saturated heterocycles. The average Bonchev–Trinajstić information content (AvgIpc) is 3.66. The number of aromatic nitrogens is 2. The first kappa shape index (κ1) is 42.9. The van der Waals surface area contributed by atoms with E-state index in [-0.39, 0.29) is 26.7 Å². The van der Waals surface area contributed by atoms with Gasteiger partial charge in [0.2, 0.25) is 10.0 Å². The van der Waals surface area contributed by atoms with Crippen LogP contribution < -0.4 is 9.62 Å². The number of hydrogen-bond acceptors (Lipinski definition) is 7. The Morgan fingerprint density at radius 3 is 2.22 bits per heavy atom. The Kier molecular flexibility index (Phi) is 12.4. The van der Waals surface area contributed by atoms with Crippen molar-refractivity contribution >= 4 is 48.7 Å². The molecule has 16 heteroatoms. The quantitative estimate of drug-likeness (QED) is 0.171. The zero-order valence-electron chi connectivity index (χ0n) is 33.1. The summed E-state index contributed by atoms with van der Waals surface area (Å²) in [4.78, 5) is 21.0. The molecule has 2 N–H and O–H groups in total. The molecule has 3 aliphatic heterocycles. The first-order valence-corrected chi connectivity index (χ1v) is 23.1. The standard InChI is InChI=1S/C36H40ClF2N5O3S.C7H8O3S/c1-23-41-32-8-3-4-9-33(32)44(23)28-19-26-10-11-27(20-28)43(26)17-14-36(24-6-5-7-25(38)18-24)12-15-42(16-13-36)35(45)29-21-34(48(46,47)40-2)31(39)22-30(29)37;1-6-2-4-7(5-3-6)11(8,9)10/h3-9,18,21-22,26-28,40H,10-17,19-20H2,1-2H3;2-5H,1H3,(H,8,9,10)/t26-,27+,28?;. The van der Waals surface area contributed by atoms with E-state index in [4.69, 9.17) is 16.6 Å². The topological polar surface area (TPSA) is 146 Å². The largest absolute Gasteiger partial charge is 0.744 e. The molecule has 2 bridgehead atoms. The van der Waals surface area contributed by atoms with Crippen LogP contribution in [0.5, 0.6) is 0 Å². The Morgan fingerprint density at radius 1 is 0.932 bits per heavy atom. The zero-order valence-corrected chi connectivity index (χ0v) is 35.5. The van der Waals surface area contributed by atoms with E-state index in [1.807, 2.05) is 19.1 Å². The number of fused-ring (bicyclic) bond motifs is 3. The number of nitrogens with one attached hydrogen (secondary N) is 2. The molecule has 0 saturated carbocycles. The number of imidazole rings is 1. The second-order valence-electron chi connectivity index (χ2n) is 16.0. The number of carbonyl (C=O) groups is 1. The van der Waals surface area contributed by atoms with Gasteiger partial charge in [0.15, 0.2) is 0 Å². The second-order valence-corrected chi connectivity index (χ2v) is 19.7. The Morgan fingerprint density at radius 2 is 1.59 bits per heavy atom. The molecule has 4 atom stereocenters. The number of benzene rings is 4. The number of hydrogen-bond donors (Lipinski definition) is 2. The SMILES string of the molecule is CNS(=O)(=O)c1cc(C(=O)N2CCC(CC[NH+]3[C@@H]4CC[C@H]3CC(n3c(C)nc5ccccc53)C4)(c3cccc(F)c3)CC2)c(Cl)cc1F.Cc1ccc(S(=O)(=O)[O-])cc1. The van der Waals surface area contributed by atoms with Gasteiger partial charge in [-0.3, -0.25) is 4.79 Å². The number of rotatable bonds is 9. The van der Waals surface area contributed by atoms with Crippen LogP contribution in [0.1, 0.15) is 78.3 Å². The van der Waals surface area contributed by atoms with E-state index < -0.39 is 36.8 Å². The maximum absolute atomic E-state index is 14.6. The van der Waals surface area contributed by atoms with E-state index in [9.17, 15) is 35.0 Å². The van der Waals surface area contributed by atoms with Crippen LogP contribution in [0.4, 0.5) is 8.78 Å². The minimum Gasteiger partial charge on any atom is -0.744 e. The summed E-state index contributed by atoms with van der Waals surface area (Å²) in [5.74, 6) is -0.688. The normalized spacial score (nSPS) is 21.6. The Bertz CT molecular complexity index is 2570. The molecule has 11 nitrogen and oxygen atoms in total. The van der Waals surface area contributed by atoms with Crippen LogP contribution >= 0.6 is 11.6 Å². The lowest BCUT2D eigenvalue weighted by molar-refractivity contribution is -0.942. The summed E-state index contributed by atoms with van der Waals surface area (Å²) in [5.41, 5.74) is 3.73. The van der Waals surface area contributed by atoms with Crippen molar-refractivity contribution in [3.63, 3.8) is 0 Å². The lowest BCUT2D eigenvalue weighted by Crippen LogP contribution is -3.18. The van der Waals surface area contributed by atoms with Crippen LogP contribution in [-0.4, -0.2) is 80.5 Å². The highest BCUT2D eigenvalue weighted by Gasteiger charge is 2.47. The first-order chi connectivity index (χ1) is 28.0. The van der Waals surface area contributed by atoms with Gasteiger partial charge in [-0.2, -0.15) is 0 Å². The summed E-state index contributed by atoms with van der Waals surface area (Å²) in [6.45, 7) is 5.66. The highest BCUT2D eigenvalue weighted by molar-refractivity contribution is 7.89. The third-order valence-electron chi connectivity index (χ3n) is 12.6. The predicted octanol–water partition coefficient (Wildman–Crippen LogP) is 6.10. The smallest absolute Gasteiger partial charge is 0.255 e. The molecule has 1 amide bonds. The van der Waals surface area contributed by atoms with Crippen molar-refractivity contribution in [2.75, 3.05) is 26.7 Å². The number of sulfonamides is 1. The van der Waals surface area contributed by atoms with E-state index in [0.717, 1.165) is 60.4 Å². The molecule has 3 aliphatic rings. The Labute approximate surface area is 349 Å². The predicted molar refractivity (Wildman–Crippen MR) is 220 cm³/mol. The Balaban J connectivity index is 0.000000417. The summed E-state index contributed by atoms with van der Waals surface area (Å²) >= 11 is 6.28. The number of aryl methyl sites for hydroxylation is 2. The van der Waals surface area contributed by atoms with Gasteiger partial charge < -0.3 is 18.9 Å².